The van der Waals surface area contributed by atoms with E-state index in [2.05, 4.69) is 10.6 Å². The lowest BCUT2D eigenvalue weighted by molar-refractivity contribution is -0.383. The molecule has 0 spiro atoms. The minimum Gasteiger partial charge on any atom is -0.480 e. The van der Waals surface area contributed by atoms with Crippen LogP contribution in [0.5, 0.6) is 0 Å². The van der Waals surface area contributed by atoms with Crippen molar-refractivity contribution in [2.75, 3.05) is 11.9 Å². The van der Waals surface area contributed by atoms with Gasteiger partial charge in [-0.1, -0.05) is 25.5 Å². The Labute approximate surface area is 127 Å². The summed E-state index contributed by atoms with van der Waals surface area (Å²) in [5, 5.41) is 25.1. The molecule has 0 aliphatic heterocycles. The van der Waals surface area contributed by atoms with Gasteiger partial charge in [0.25, 0.3) is 5.69 Å². The van der Waals surface area contributed by atoms with E-state index in [0.717, 1.165) is 0 Å². The van der Waals surface area contributed by atoms with E-state index < -0.39 is 22.3 Å². The van der Waals surface area contributed by atoms with E-state index in [1.807, 2.05) is 6.92 Å². The van der Waals surface area contributed by atoms with Crippen LogP contribution >= 0.6 is 0 Å². The number of nitro benzene ring substituents is 1. The predicted molar refractivity (Wildman–Crippen MR) is 80.7 cm³/mol. The van der Waals surface area contributed by atoms with E-state index in [-0.39, 0.29) is 17.9 Å². The Hall–Kier alpha value is -2.64. The largest absolute Gasteiger partial charge is 0.480 e. The van der Waals surface area contributed by atoms with Crippen molar-refractivity contribution in [3.05, 3.63) is 34.4 Å². The predicted octanol–water partition coefficient (Wildman–Crippen LogP) is 1.77. The average molecular weight is 309 g/mol. The summed E-state index contributed by atoms with van der Waals surface area (Å²) in [4.78, 5) is 33.4. The summed E-state index contributed by atoms with van der Waals surface area (Å²) in [6, 6.07) is 5.92. The molecule has 1 unspecified atom stereocenters. The van der Waals surface area contributed by atoms with Gasteiger partial charge in [0.2, 0.25) is 5.91 Å². The molecule has 1 amide bonds. The molecule has 1 atom stereocenters. The Kier molecular flexibility index (Phi) is 5.85. The third kappa shape index (κ3) is 4.44. The molecule has 0 radical (unpaired) electrons. The quantitative estimate of drug-likeness (QED) is 0.497. The Balaban J connectivity index is 2.71. The molecule has 120 valence electrons. The van der Waals surface area contributed by atoms with Gasteiger partial charge in [-0.25, -0.2) is 4.79 Å². The van der Waals surface area contributed by atoms with Crippen LogP contribution in [0.25, 0.3) is 0 Å². The zero-order valence-corrected chi connectivity index (χ0v) is 12.5. The molecule has 3 N–H and O–H groups in total. The Morgan fingerprint density at radius 2 is 2.00 bits per heavy atom. The van der Waals surface area contributed by atoms with Gasteiger partial charge in [0.1, 0.15) is 11.2 Å². The number of rotatable bonds is 8. The van der Waals surface area contributed by atoms with Crippen LogP contribution in [-0.2, 0) is 9.59 Å². The highest BCUT2D eigenvalue weighted by Crippen LogP contribution is 2.22. The molecular weight excluding hydrogens is 290 g/mol. The molecule has 22 heavy (non-hydrogen) atoms. The molecular formula is C14H19N3O5. The highest BCUT2D eigenvalue weighted by Gasteiger charge is 2.33. The molecule has 1 aromatic carbocycles. The van der Waals surface area contributed by atoms with Crippen LogP contribution in [-0.4, -0.2) is 34.0 Å². The smallest absolute Gasteiger partial charge is 0.329 e. The van der Waals surface area contributed by atoms with Crippen molar-refractivity contribution >= 4 is 23.3 Å². The van der Waals surface area contributed by atoms with E-state index in [1.54, 1.807) is 6.07 Å². The molecule has 0 heterocycles. The Morgan fingerprint density at radius 3 is 2.55 bits per heavy atom. The molecule has 0 saturated carbocycles. The van der Waals surface area contributed by atoms with Crippen molar-refractivity contribution in [2.45, 2.75) is 32.2 Å². The summed E-state index contributed by atoms with van der Waals surface area (Å²) in [5.41, 5.74) is -1.30. The first-order valence-corrected chi connectivity index (χ1v) is 6.82. The van der Waals surface area contributed by atoms with Gasteiger partial charge in [-0.05, 0) is 19.4 Å². The average Bonchev–Trinajstić information content (AvgIpc) is 2.45. The topological polar surface area (TPSA) is 122 Å². The second kappa shape index (κ2) is 7.39. The van der Waals surface area contributed by atoms with Crippen molar-refractivity contribution < 1.29 is 19.6 Å². The van der Waals surface area contributed by atoms with Gasteiger partial charge in [-0.15, -0.1) is 0 Å². The van der Waals surface area contributed by atoms with Gasteiger partial charge in [-0.2, -0.15) is 0 Å². The lowest BCUT2D eigenvalue weighted by Crippen LogP contribution is -2.53. The van der Waals surface area contributed by atoms with E-state index in [9.17, 15) is 24.8 Å². The van der Waals surface area contributed by atoms with Crippen molar-refractivity contribution in [1.82, 2.24) is 5.32 Å². The van der Waals surface area contributed by atoms with E-state index in [0.29, 0.717) is 12.8 Å². The summed E-state index contributed by atoms with van der Waals surface area (Å²) in [6.45, 7) is 3.00. The van der Waals surface area contributed by atoms with Crippen LogP contribution in [0.3, 0.4) is 0 Å². The molecule has 1 aromatic rings. The van der Waals surface area contributed by atoms with E-state index in [1.165, 1.54) is 25.1 Å². The number of carbonyl (C=O) groups is 2. The lowest BCUT2D eigenvalue weighted by atomic mass is 9.96. The number of carboxylic acid groups (broad SMARTS) is 1. The van der Waals surface area contributed by atoms with Crippen LogP contribution in [0.2, 0.25) is 0 Å². The second-order valence-electron chi connectivity index (χ2n) is 5.06. The summed E-state index contributed by atoms with van der Waals surface area (Å²) >= 11 is 0. The standard InChI is InChI=1S/C14H19N3O5/c1-3-8-14(2,13(19)20)16-12(18)9-15-10-6-4-5-7-11(10)17(21)22/h4-7,15H,3,8-9H2,1-2H3,(H,16,18)(H,19,20). The summed E-state index contributed by atoms with van der Waals surface area (Å²) in [7, 11) is 0. The van der Waals surface area contributed by atoms with Crippen LogP contribution in [0, 0.1) is 10.1 Å². The fourth-order valence-electron chi connectivity index (χ4n) is 2.03. The number of hydrogen-bond acceptors (Lipinski definition) is 5. The minimum absolute atomic E-state index is 0.148. The fraction of sp³-hybridized carbons (Fsp3) is 0.429. The number of benzene rings is 1. The molecule has 8 heteroatoms. The molecule has 8 nitrogen and oxygen atoms in total. The Morgan fingerprint density at radius 1 is 1.36 bits per heavy atom. The third-order valence-corrected chi connectivity index (χ3v) is 3.18. The summed E-state index contributed by atoms with van der Waals surface area (Å²) in [5.74, 6) is -1.66. The van der Waals surface area contributed by atoms with Gasteiger partial charge < -0.3 is 15.7 Å². The van der Waals surface area contributed by atoms with Crippen LogP contribution in [0.4, 0.5) is 11.4 Å². The SMILES string of the molecule is CCCC(C)(NC(=O)CNc1ccccc1[N+](=O)[O-])C(=O)O. The number of carbonyl (C=O) groups excluding carboxylic acids is 1. The first-order valence-electron chi connectivity index (χ1n) is 6.82. The fourth-order valence-corrected chi connectivity index (χ4v) is 2.03. The van der Waals surface area contributed by atoms with Crippen LogP contribution < -0.4 is 10.6 Å². The van der Waals surface area contributed by atoms with Gasteiger partial charge >= 0.3 is 5.97 Å². The molecule has 0 aliphatic carbocycles. The summed E-state index contributed by atoms with van der Waals surface area (Å²) < 4.78 is 0. The van der Waals surface area contributed by atoms with Crippen LogP contribution in [0.1, 0.15) is 26.7 Å². The van der Waals surface area contributed by atoms with E-state index >= 15 is 0 Å². The molecule has 0 fully saturated rings. The van der Waals surface area contributed by atoms with Gasteiger partial charge in [0.15, 0.2) is 0 Å². The van der Waals surface area contributed by atoms with Crippen molar-refractivity contribution in [1.29, 1.82) is 0 Å². The molecule has 1 rings (SSSR count). The lowest BCUT2D eigenvalue weighted by Gasteiger charge is -2.25. The van der Waals surface area contributed by atoms with Crippen molar-refractivity contribution in [3.63, 3.8) is 0 Å². The number of amides is 1. The number of carboxylic acids is 1. The van der Waals surface area contributed by atoms with Gasteiger partial charge in [-0.3, -0.25) is 14.9 Å². The monoisotopic (exact) mass is 309 g/mol. The maximum Gasteiger partial charge on any atom is 0.329 e. The number of hydrogen-bond donors (Lipinski definition) is 3. The first kappa shape index (κ1) is 17.4. The highest BCUT2D eigenvalue weighted by atomic mass is 16.6. The number of para-hydroxylation sites is 2. The first-order chi connectivity index (χ1) is 10.3. The maximum atomic E-state index is 11.9. The number of nitro groups is 1. The molecule has 0 aliphatic rings. The zero-order chi connectivity index (χ0) is 16.8. The number of anilines is 1. The normalized spacial score (nSPS) is 13.0. The van der Waals surface area contributed by atoms with Crippen molar-refractivity contribution in [3.8, 4) is 0 Å². The molecule has 0 saturated heterocycles. The molecule has 0 bridgehead atoms. The molecule has 0 aromatic heterocycles. The van der Waals surface area contributed by atoms with Gasteiger partial charge in [0.05, 0.1) is 11.5 Å². The minimum atomic E-state index is -1.35. The number of aliphatic carboxylic acids is 1. The van der Waals surface area contributed by atoms with Gasteiger partial charge in [0, 0.05) is 6.07 Å². The van der Waals surface area contributed by atoms with E-state index in [4.69, 9.17) is 0 Å². The Bertz CT molecular complexity index is 575. The number of nitrogens with zero attached hydrogens (tertiary/aromatic N) is 1. The number of nitrogens with one attached hydrogen (secondary N) is 2. The van der Waals surface area contributed by atoms with Crippen LogP contribution in [0.15, 0.2) is 24.3 Å². The zero-order valence-electron chi connectivity index (χ0n) is 12.5. The maximum absolute atomic E-state index is 11.9. The second-order valence-corrected chi connectivity index (χ2v) is 5.06. The third-order valence-electron chi connectivity index (χ3n) is 3.18. The summed E-state index contributed by atoms with van der Waals surface area (Å²) in [6.07, 6.45) is 0.889. The van der Waals surface area contributed by atoms with Crippen molar-refractivity contribution in [2.24, 2.45) is 0 Å². The highest BCUT2D eigenvalue weighted by molar-refractivity contribution is 5.89.